The monoisotopic (exact) mass is 255 g/mol. The highest BCUT2D eigenvalue weighted by Gasteiger charge is 2.25. The minimum Gasteiger partial charge on any atom is -0.299 e. The van der Waals surface area contributed by atoms with Gasteiger partial charge in [-0.25, -0.2) is 6.07 Å². The average molecular weight is 255 g/mol. The van der Waals surface area contributed by atoms with Crippen LogP contribution >= 0.6 is 0 Å². The third kappa shape index (κ3) is 3.34. The molecule has 0 aliphatic heterocycles. The van der Waals surface area contributed by atoms with E-state index < -0.39 is 0 Å². The number of aryl methyl sites for hydroxylation is 1. The van der Waals surface area contributed by atoms with Crippen molar-refractivity contribution in [3.8, 4) is 0 Å². The molecule has 0 heterocycles. The third-order valence-electron chi connectivity index (χ3n) is 3.56. The second-order valence-corrected chi connectivity index (χ2v) is 5.13. The van der Waals surface area contributed by atoms with Crippen LogP contribution in [0.1, 0.15) is 32.3 Å². The minimum absolute atomic E-state index is 0.00230. The quantitative estimate of drug-likeness (QED) is 0.730. The van der Waals surface area contributed by atoms with Gasteiger partial charge in [-0.05, 0) is 20.3 Å². The molecule has 0 radical (unpaired) electrons. The highest BCUT2D eigenvalue weighted by Crippen LogP contribution is 2.28. The Labute approximate surface area is 114 Å². The Balaban J connectivity index is 1.95. The first kappa shape index (κ1) is 13.6. The molecule has 2 nitrogen and oxygen atoms in total. The molecule has 2 rings (SSSR count). The second-order valence-electron chi connectivity index (χ2n) is 5.13. The normalized spacial score (nSPS) is 18.1. The summed E-state index contributed by atoms with van der Waals surface area (Å²) < 4.78 is 0. The highest BCUT2D eigenvalue weighted by atomic mass is 16.1. The van der Waals surface area contributed by atoms with Gasteiger partial charge in [-0.3, -0.25) is 9.59 Å². The first-order valence-corrected chi connectivity index (χ1v) is 6.72. The molecule has 1 aromatic rings. The van der Waals surface area contributed by atoms with Crippen molar-refractivity contribution in [2.24, 2.45) is 5.92 Å². The summed E-state index contributed by atoms with van der Waals surface area (Å²) in [5.74, 6) is -0.263. The maximum Gasteiger partial charge on any atom is 0.156 e. The Morgan fingerprint density at radius 3 is 2.58 bits per heavy atom. The van der Waals surface area contributed by atoms with Crippen molar-refractivity contribution in [3.63, 3.8) is 0 Å². The second kappa shape index (κ2) is 5.87. The number of carbonyl (C=O) groups excluding carboxylic acids is 2. The molecule has 0 aromatic heterocycles. The standard InChI is InChI=1S/C17H19O2/c1-12(18)16-10-15(11-17(16)13(2)19)9-5-8-14-6-3-4-7-14/h3-4,6-7,10-11,16H,5,8-9H2,1-2H3/q-1. The van der Waals surface area contributed by atoms with Gasteiger partial charge in [0.25, 0.3) is 0 Å². The molecular weight excluding hydrogens is 236 g/mol. The van der Waals surface area contributed by atoms with Crippen molar-refractivity contribution in [1.82, 2.24) is 0 Å². The zero-order valence-electron chi connectivity index (χ0n) is 11.5. The molecule has 0 amide bonds. The van der Waals surface area contributed by atoms with E-state index >= 15 is 0 Å². The summed E-state index contributed by atoms with van der Waals surface area (Å²) >= 11 is 0. The van der Waals surface area contributed by atoms with Crippen LogP contribution in [0, 0.1) is 5.92 Å². The van der Waals surface area contributed by atoms with Gasteiger partial charge < -0.3 is 0 Å². The summed E-state index contributed by atoms with van der Waals surface area (Å²) in [6.07, 6.45) is 6.86. The fourth-order valence-corrected chi connectivity index (χ4v) is 2.53. The van der Waals surface area contributed by atoms with Gasteiger partial charge in [-0.2, -0.15) is 23.8 Å². The largest absolute Gasteiger partial charge is 0.299 e. The number of ketones is 2. The first-order valence-electron chi connectivity index (χ1n) is 6.72. The maximum atomic E-state index is 11.5. The zero-order valence-corrected chi connectivity index (χ0v) is 11.5. The summed E-state index contributed by atoms with van der Waals surface area (Å²) in [5.41, 5.74) is 3.12. The van der Waals surface area contributed by atoms with Crippen LogP contribution in [0.25, 0.3) is 0 Å². The average Bonchev–Trinajstić information content (AvgIpc) is 2.97. The lowest BCUT2D eigenvalue weighted by Gasteiger charge is -2.05. The number of allylic oxidation sites excluding steroid dienone is 4. The molecule has 0 spiro atoms. The summed E-state index contributed by atoms with van der Waals surface area (Å²) in [4.78, 5) is 23.0. The van der Waals surface area contributed by atoms with Gasteiger partial charge in [-0.1, -0.05) is 30.6 Å². The molecule has 19 heavy (non-hydrogen) atoms. The summed E-state index contributed by atoms with van der Waals surface area (Å²) in [5, 5.41) is 0. The molecule has 2 heteroatoms. The van der Waals surface area contributed by atoms with E-state index in [2.05, 4.69) is 12.1 Å². The molecule has 0 fully saturated rings. The van der Waals surface area contributed by atoms with Crippen LogP contribution < -0.4 is 0 Å². The van der Waals surface area contributed by atoms with E-state index in [0.717, 1.165) is 24.8 Å². The first-order chi connectivity index (χ1) is 9.08. The summed E-state index contributed by atoms with van der Waals surface area (Å²) in [6, 6.07) is 8.34. The number of rotatable bonds is 6. The summed E-state index contributed by atoms with van der Waals surface area (Å²) in [6.45, 7) is 3.08. The Kier molecular flexibility index (Phi) is 4.20. The van der Waals surface area contributed by atoms with Crippen LogP contribution in [-0.4, -0.2) is 11.6 Å². The van der Waals surface area contributed by atoms with Crippen molar-refractivity contribution in [2.75, 3.05) is 0 Å². The SMILES string of the molecule is CC(=O)C1=CC(CCCc2cc[cH-]c2)=CC1C(C)=O. The van der Waals surface area contributed by atoms with Gasteiger partial charge in [0.05, 0.1) is 5.92 Å². The van der Waals surface area contributed by atoms with Crippen molar-refractivity contribution in [2.45, 2.75) is 33.1 Å². The maximum absolute atomic E-state index is 11.5. The van der Waals surface area contributed by atoms with Gasteiger partial charge in [-0.15, -0.1) is 0 Å². The van der Waals surface area contributed by atoms with E-state index in [-0.39, 0.29) is 17.5 Å². The van der Waals surface area contributed by atoms with Gasteiger partial charge in [0.2, 0.25) is 0 Å². The molecule has 0 N–H and O–H groups in total. The van der Waals surface area contributed by atoms with Gasteiger partial charge in [0, 0.05) is 5.57 Å². The molecule has 0 saturated heterocycles. The lowest BCUT2D eigenvalue weighted by molar-refractivity contribution is -0.121. The number of hydrogen-bond acceptors (Lipinski definition) is 2. The molecule has 1 aromatic carbocycles. The number of hydrogen-bond donors (Lipinski definition) is 0. The van der Waals surface area contributed by atoms with Crippen molar-refractivity contribution < 1.29 is 9.59 Å². The molecule has 0 saturated carbocycles. The molecular formula is C17H19O2-. The van der Waals surface area contributed by atoms with Crippen LogP contribution in [0.15, 0.2) is 47.6 Å². The van der Waals surface area contributed by atoms with E-state index in [1.165, 1.54) is 12.5 Å². The van der Waals surface area contributed by atoms with Crippen LogP contribution in [0.3, 0.4) is 0 Å². The van der Waals surface area contributed by atoms with Gasteiger partial charge in [0.1, 0.15) is 5.78 Å². The van der Waals surface area contributed by atoms with E-state index in [9.17, 15) is 9.59 Å². The molecule has 0 bridgehead atoms. The van der Waals surface area contributed by atoms with Crippen molar-refractivity contribution >= 4 is 11.6 Å². The fourth-order valence-electron chi connectivity index (χ4n) is 2.53. The molecule has 1 unspecified atom stereocenters. The van der Waals surface area contributed by atoms with Crippen molar-refractivity contribution in [1.29, 1.82) is 0 Å². The van der Waals surface area contributed by atoms with Crippen LogP contribution in [0.4, 0.5) is 0 Å². The third-order valence-corrected chi connectivity index (χ3v) is 3.56. The Bertz CT molecular complexity index is 530. The van der Waals surface area contributed by atoms with Crippen molar-refractivity contribution in [3.05, 3.63) is 53.1 Å². The lowest BCUT2D eigenvalue weighted by Crippen LogP contribution is -2.13. The minimum atomic E-state index is -0.313. The Morgan fingerprint density at radius 2 is 2.05 bits per heavy atom. The summed E-state index contributed by atoms with van der Waals surface area (Å²) in [7, 11) is 0. The molecule has 1 atom stereocenters. The topological polar surface area (TPSA) is 34.1 Å². The Morgan fingerprint density at radius 1 is 1.26 bits per heavy atom. The predicted molar refractivity (Wildman–Crippen MR) is 76.0 cm³/mol. The lowest BCUT2D eigenvalue weighted by atomic mass is 9.96. The van der Waals surface area contributed by atoms with Crippen LogP contribution in [0.2, 0.25) is 0 Å². The molecule has 1 aliphatic carbocycles. The van der Waals surface area contributed by atoms with E-state index in [1.807, 2.05) is 24.3 Å². The number of Topliss-reactive ketones (excluding diaryl/α,β-unsaturated/α-hetero) is 2. The zero-order chi connectivity index (χ0) is 13.8. The molecule has 1 aliphatic rings. The number of carbonyl (C=O) groups is 2. The van der Waals surface area contributed by atoms with Crippen LogP contribution in [0.5, 0.6) is 0 Å². The van der Waals surface area contributed by atoms with E-state index in [1.54, 1.807) is 6.92 Å². The van der Waals surface area contributed by atoms with Gasteiger partial charge >= 0.3 is 0 Å². The van der Waals surface area contributed by atoms with Crippen LogP contribution in [-0.2, 0) is 16.0 Å². The predicted octanol–water partition coefficient (Wildman–Crippen LogP) is 3.39. The molecule has 100 valence electrons. The van der Waals surface area contributed by atoms with E-state index in [4.69, 9.17) is 0 Å². The fraction of sp³-hybridized carbons (Fsp3) is 0.353. The van der Waals surface area contributed by atoms with E-state index in [0.29, 0.717) is 5.57 Å². The highest BCUT2D eigenvalue weighted by molar-refractivity contribution is 6.02. The van der Waals surface area contributed by atoms with Gasteiger partial charge in [0.15, 0.2) is 5.78 Å². The smallest absolute Gasteiger partial charge is 0.156 e. The Hall–Kier alpha value is -1.83.